The topological polar surface area (TPSA) is 155 Å². The number of aliphatic hydroxyl groups is 1. The Morgan fingerprint density at radius 2 is 2.13 bits per heavy atom. The zero-order chi connectivity index (χ0) is 22.6. The second kappa shape index (κ2) is 13.3. The lowest BCUT2D eigenvalue weighted by Crippen LogP contribution is -2.96. The molecule has 30 heavy (non-hydrogen) atoms. The molecule has 8 N–H and O–H groups in total. The fraction of sp³-hybridized carbons (Fsp3) is 0.526. The van der Waals surface area contributed by atoms with Crippen LogP contribution in [0.2, 0.25) is 5.02 Å². The van der Waals surface area contributed by atoms with Gasteiger partial charge in [0.15, 0.2) is 6.04 Å². The van der Waals surface area contributed by atoms with Crippen LogP contribution in [-0.2, 0) is 20.9 Å². The summed E-state index contributed by atoms with van der Waals surface area (Å²) in [6, 6.07) is 4.32. The molecule has 11 heteroatoms. The Bertz CT molecular complexity index is 723. The van der Waals surface area contributed by atoms with Gasteiger partial charge in [-0.1, -0.05) is 11.6 Å². The average Bonchev–Trinajstić information content (AvgIpc) is 2.66. The van der Waals surface area contributed by atoms with Crippen molar-refractivity contribution in [1.29, 1.82) is 0 Å². The third-order valence-electron chi connectivity index (χ3n) is 3.89. The van der Waals surface area contributed by atoms with Gasteiger partial charge in [0.2, 0.25) is 0 Å². The maximum Gasteiger partial charge on any atom is 0.313 e. The lowest BCUT2D eigenvalue weighted by molar-refractivity contribution is -0.594. The summed E-state index contributed by atoms with van der Waals surface area (Å²) in [7, 11) is 0. The lowest BCUT2D eigenvalue weighted by atomic mass is 10.1. The number of aliphatic hydroxyl groups excluding tert-OH is 1. The Hall–Kier alpha value is -2.08. The van der Waals surface area contributed by atoms with Gasteiger partial charge < -0.3 is 15.2 Å². The average molecular weight is 444 g/mol. The van der Waals surface area contributed by atoms with Crippen LogP contribution in [0.3, 0.4) is 0 Å². The monoisotopic (exact) mass is 443 g/mol. The molecule has 0 aromatic heterocycles. The van der Waals surface area contributed by atoms with Crippen molar-refractivity contribution < 1.29 is 24.7 Å². The van der Waals surface area contributed by atoms with E-state index in [1.807, 2.05) is 20.8 Å². The highest BCUT2D eigenvalue weighted by molar-refractivity contribution is 6.30. The minimum atomic E-state index is -0.744. The van der Waals surface area contributed by atoms with Crippen LogP contribution >= 0.6 is 11.6 Å². The molecular formula is C19H32ClN6O4+. The molecule has 0 radical (unpaired) electrons. The van der Waals surface area contributed by atoms with E-state index in [-0.39, 0.29) is 50.0 Å². The number of nitrogens with one attached hydrogen (secondary N) is 3. The van der Waals surface area contributed by atoms with Crippen LogP contribution in [0.5, 0.6) is 0 Å². The second-order valence-electron chi connectivity index (χ2n) is 7.50. The molecule has 1 aromatic carbocycles. The first-order chi connectivity index (χ1) is 14.2. The van der Waals surface area contributed by atoms with E-state index in [1.165, 1.54) is 11.7 Å². The van der Waals surface area contributed by atoms with Crippen molar-refractivity contribution in [3.63, 3.8) is 0 Å². The van der Waals surface area contributed by atoms with Crippen LogP contribution in [-0.4, -0.2) is 48.1 Å². The number of rotatable bonds is 12. The predicted molar refractivity (Wildman–Crippen MR) is 115 cm³/mol. The lowest BCUT2D eigenvalue weighted by Gasteiger charge is -2.19. The Morgan fingerprint density at radius 1 is 1.40 bits per heavy atom. The largest absolute Gasteiger partial charge is 0.396 e. The van der Waals surface area contributed by atoms with Crippen molar-refractivity contribution in [3.8, 4) is 0 Å². The van der Waals surface area contributed by atoms with Crippen LogP contribution in [0.4, 0.5) is 5.69 Å². The maximum absolute atomic E-state index is 12.6. The van der Waals surface area contributed by atoms with Crippen molar-refractivity contribution in [1.82, 2.24) is 16.3 Å². The zero-order valence-corrected chi connectivity index (χ0v) is 18.3. The number of ether oxygens (including phenoxy) is 1. The number of hydrogen-bond acceptors (Lipinski definition) is 7. The van der Waals surface area contributed by atoms with Crippen molar-refractivity contribution in [2.45, 2.75) is 51.8 Å². The predicted octanol–water partition coefficient (Wildman–Crippen LogP) is -0.370. The smallest absolute Gasteiger partial charge is 0.313 e. The molecule has 10 nitrogen and oxygen atoms in total. The van der Waals surface area contributed by atoms with Gasteiger partial charge >= 0.3 is 5.91 Å². The quantitative estimate of drug-likeness (QED) is 0.111. The molecule has 0 heterocycles. The Kier molecular flexibility index (Phi) is 11.5. The van der Waals surface area contributed by atoms with E-state index in [4.69, 9.17) is 22.2 Å². The summed E-state index contributed by atoms with van der Waals surface area (Å²) >= 11 is 6.05. The van der Waals surface area contributed by atoms with E-state index in [9.17, 15) is 14.7 Å². The van der Waals surface area contributed by atoms with E-state index < -0.39 is 6.04 Å². The number of carbonyl (C=O) groups is 2. The van der Waals surface area contributed by atoms with Gasteiger partial charge in [0.1, 0.15) is 6.34 Å². The first kappa shape index (κ1) is 26.0. The van der Waals surface area contributed by atoms with E-state index in [0.717, 1.165) is 0 Å². The Labute approximate surface area is 181 Å². The number of halogens is 1. The summed E-state index contributed by atoms with van der Waals surface area (Å²) in [6.45, 7) is 5.91. The molecule has 0 unspecified atom stereocenters. The number of amides is 2. The van der Waals surface area contributed by atoms with Gasteiger partial charge in [0, 0.05) is 24.6 Å². The molecule has 168 valence electrons. The van der Waals surface area contributed by atoms with Gasteiger partial charge in [0.05, 0.1) is 24.3 Å². The summed E-state index contributed by atoms with van der Waals surface area (Å²) in [5.41, 5.74) is 5.67. The molecule has 0 aliphatic carbocycles. The van der Waals surface area contributed by atoms with Crippen LogP contribution in [0, 0.1) is 0 Å². The second-order valence-corrected chi connectivity index (χ2v) is 7.94. The molecule has 1 atom stereocenters. The highest BCUT2D eigenvalue weighted by atomic mass is 35.5. The molecular weight excluding hydrogens is 412 g/mol. The molecule has 0 saturated carbocycles. The minimum absolute atomic E-state index is 0.143. The summed E-state index contributed by atoms with van der Waals surface area (Å²) in [5, 5.41) is 13.9. The normalized spacial score (nSPS) is 12.7. The molecule has 2 amide bonds. The number of carbonyl (C=O) groups excluding carboxylic acids is 2. The van der Waals surface area contributed by atoms with E-state index >= 15 is 0 Å². The van der Waals surface area contributed by atoms with Gasteiger partial charge in [-0.2, -0.15) is 5.53 Å². The van der Waals surface area contributed by atoms with Gasteiger partial charge in [-0.3, -0.25) is 21.4 Å². The molecule has 0 aliphatic heterocycles. The Morgan fingerprint density at radius 3 is 2.77 bits per heavy atom. The van der Waals surface area contributed by atoms with Crippen LogP contribution in [0.1, 0.15) is 39.2 Å². The van der Waals surface area contributed by atoms with E-state index in [0.29, 0.717) is 16.3 Å². The van der Waals surface area contributed by atoms with Gasteiger partial charge in [-0.15, -0.1) is 0 Å². The number of primary amides is 1. The van der Waals surface area contributed by atoms with Crippen LogP contribution in [0.25, 0.3) is 0 Å². The van der Waals surface area contributed by atoms with E-state index in [1.54, 1.807) is 18.2 Å². The number of nitrogens with two attached hydrogens (primary N) is 2. The highest BCUT2D eigenvalue weighted by Crippen LogP contribution is 2.22. The first-order valence-corrected chi connectivity index (χ1v) is 9.96. The fourth-order valence-corrected chi connectivity index (χ4v) is 2.66. The summed E-state index contributed by atoms with van der Waals surface area (Å²) in [4.78, 5) is 29.0. The number of hydrazine groups is 2. The first-order valence-electron chi connectivity index (χ1n) is 9.58. The number of benzene rings is 1. The van der Waals surface area contributed by atoms with Gasteiger partial charge in [-0.05, 0) is 44.5 Å². The zero-order valence-electron chi connectivity index (χ0n) is 17.6. The van der Waals surface area contributed by atoms with Gasteiger partial charge in [0.25, 0.3) is 5.91 Å². The van der Waals surface area contributed by atoms with Crippen molar-refractivity contribution >= 4 is 35.4 Å². The molecule has 0 saturated heterocycles. The SMILES string of the molecule is CC(C)(C)OCCC(=O)[NH2+][C@@H](CCO)C(=O)NCc1cc(Cl)ccc1N=CNNN. The summed E-state index contributed by atoms with van der Waals surface area (Å²) in [5.74, 6) is 4.54. The standard InChI is InChI=1S/C19H31ClN6O4/c1-19(2,3)30-9-7-17(28)25-16(6-8-27)18(29)22-11-13-10-14(20)4-5-15(13)23-12-24-26-21/h4-5,10,12,16,26-27H,6-9,11,21H2,1-3H3,(H,22,29)(H,23,24)(H,25,28)/p+1/t16-/m0/s1. The molecule has 1 rings (SSSR count). The van der Waals surface area contributed by atoms with Crippen molar-refractivity contribution in [3.05, 3.63) is 28.8 Å². The third kappa shape index (κ3) is 10.6. The highest BCUT2D eigenvalue weighted by Gasteiger charge is 2.25. The number of hydrogen-bond donors (Lipinski definition) is 6. The fourth-order valence-electron chi connectivity index (χ4n) is 2.47. The van der Waals surface area contributed by atoms with Crippen molar-refractivity contribution in [2.75, 3.05) is 13.2 Å². The van der Waals surface area contributed by atoms with Crippen LogP contribution < -0.4 is 27.4 Å². The third-order valence-corrected chi connectivity index (χ3v) is 4.13. The molecule has 0 spiro atoms. The van der Waals surface area contributed by atoms with Crippen molar-refractivity contribution in [2.24, 2.45) is 10.8 Å². The van der Waals surface area contributed by atoms with E-state index in [2.05, 4.69) is 21.3 Å². The minimum Gasteiger partial charge on any atom is -0.396 e. The number of quaternary nitrogens is 1. The molecule has 0 fully saturated rings. The number of aliphatic imine (C=N–C) groups is 1. The Balaban J connectivity index is 2.69. The van der Waals surface area contributed by atoms with Gasteiger partial charge in [-0.25, -0.2) is 9.79 Å². The molecule has 0 bridgehead atoms. The summed E-state index contributed by atoms with van der Waals surface area (Å²) < 4.78 is 5.54. The summed E-state index contributed by atoms with van der Waals surface area (Å²) in [6.07, 6.45) is 1.67. The maximum atomic E-state index is 12.6. The van der Waals surface area contributed by atoms with Crippen LogP contribution in [0.15, 0.2) is 23.2 Å². The number of nitrogens with zero attached hydrogens (tertiary/aromatic N) is 1. The molecule has 0 aliphatic rings. The molecule has 1 aromatic rings.